The third-order valence-electron chi connectivity index (χ3n) is 8.90. The molecule has 0 aromatic rings. The Hall–Kier alpha value is -0.0400. The van der Waals surface area contributed by atoms with Gasteiger partial charge < -0.3 is 4.74 Å². The van der Waals surface area contributed by atoms with Crippen molar-refractivity contribution in [3.05, 3.63) is 0 Å². The first-order valence-corrected chi connectivity index (χ1v) is 18.9. The minimum Gasteiger partial charge on any atom is -0.375 e. The molecule has 0 spiro atoms. The maximum atomic E-state index is 6.85. The van der Waals surface area contributed by atoms with E-state index < -0.39 is 0 Å². The molecule has 0 bridgehead atoms. The van der Waals surface area contributed by atoms with Crippen LogP contribution in [0.2, 0.25) is 0 Å². The lowest BCUT2D eigenvalue weighted by Gasteiger charge is -2.25. The van der Waals surface area contributed by atoms with Crippen LogP contribution in [-0.4, -0.2) is 12.2 Å². The van der Waals surface area contributed by atoms with Crippen LogP contribution in [0.1, 0.15) is 233 Å². The predicted octanol–water partition coefficient (Wildman–Crippen LogP) is 14.3. The van der Waals surface area contributed by atoms with Gasteiger partial charge in [0.25, 0.3) is 0 Å². The van der Waals surface area contributed by atoms with Gasteiger partial charge in [0.1, 0.15) is 0 Å². The van der Waals surface area contributed by atoms with Gasteiger partial charge in [-0.05, 0) is 25.7 Å². The molecule has 2 atom stereocenters. The monoisotopic (exact) mass is 551 g/mol. The Morgan fingerprint density at radius 2 is 0.462 bits per heavy atom. The van der Waals surface area contributed by atoms with Crippen molar-refractivity contribution in [2.75, 3.05) is 0 Å². The quantitative estimate of drug-likeness (QED) is 0.0724. The first-order chi connectivity index (χ1) is 19.3. The van der Waals surface area contributed by atoms with Crippen molar-refractivity contribution in [3.63, 3.8) is 0 Å². The molecule has 2 unspecified atom stereocenters. The molecule has 0 saturated carbocycles. The fraction of sp³-hybridized carbons (Fsp3) is 1.00. The summed E-state index contributed by atoms with van der Waals surface area (Å²) in [5.41, 5.74) is 0. The molecular weight excluding hydrogens is 472 g/mol. The lowest BCUT2D eigenvalue weighted by molar-refractivity contribution is -0.0321. The van der Waals surface area contributed by atoms with E-state index in [2.05, 4.69) is 27.7 Å². The van der Waals surface area contributed by atoms with Crippen LogP contribution in [0, 0.1) is 0 Å². The van der Waals surface area contributed by atoms with Crippen molar-refractivity contribution < 1.29 is 4.74 Å². The highest BCUT2D eigenvalue weighted by molar-refractivity contribution is 4.66. The summed E-state index contributed by atoms with van der Waals surface area (Å²) in [6.45, 7) is 9.29. The van der Waals surface area contributed by atoms with Gasteiger partial charge in [-0.2, -0.15) is 0 Å². The van der Waals surface area contributed by atoms with Gasteiger partial charge >= 0.3 is 0 Å². The zero-order valence-corrected chi connectivity index (χ0v) is 28.2. The van der Waals surface area contributed by atoms with Crippen LogP contribution in [0.4, 0.5) is 0 Å². The summed E-state index contributed by atoms with van der Waals surface area (Å²) < 4.78 is 6.85. The molecule has 39 heavy (non-hydrogen) atoms. The lowest BCUT2D eigenvalue weighted by atomic mass is 10.0. The number of ether oxygens (including phenoxy) is 1. The van der Waals surface area contributed by atoms with E-state index in [1.165, 1.54) is 205 Å². The molecule has 0 rings (SSSR count). The molecule has 0 saturated heterocycles. The first-order valence-electron chi connectivity index (χ1n) is 18.9. The van der Waals surface area contributed by atoms with Crippen molar-refractivity contribution in [1.29, 1.82) is 0 Å². The number of hydrogen-bond acceptors (Lipinski definition) is 1. The highest BCUT2D eigenvalue weighted by Crippen LogP contribution is 2.22. The molecule has 0 aliphatic rings. The molecule has 0 aromatic carbocycles. The van der Waals surface area contributed by atoms with Crippen LogP contribution in [-0.2, 0) is 4.74 Å². The second kappa shape index (κ2) is 34.2. The minimum absolute atomic E-state index is 0.521. The van der Waals surface area contributed by atoms with Gasteiger partial charge in [0.15, 0.2) is 0 Å². The van der Waals surface area contributed by atoms with Gasteiger partial charge in [-0.15, -0.1) is 0 Å². The fourth-order valence-corrected chi connectivity index (χ4v) is 6.12. The zero-order chi connectivity index (χ0) is 28.5. The van der Waals surface area contributed by atoms with Crippen molar-refractivity contribution in [2.24, 2.45) is 0 Å². The Bertz CT molecular complexity index is 381. The Labute approximate surface area is 249 Å². The highest BCUT2D eigenvalue weighted by Gasteiger charge is 2.16. The molecule has 0 heterocycles. The van der Waals surface area contributed by atoms with E-state index in [1.54, 1.807) is 0 Å². The summed E-state index contributed by atoms with van der Waals surface area (Å²) in [7, 11) is 0. The largest absolute Gasteiger partial charge is 0.375 e. The summed E-state index contributed by atoms with van der Waals surface area (Å²) in [6.07, 6.45) is 46.0. The summed E-state index contributed by atoms with van der Waals surface area (Å²) >= 11 is 0. The van der Waals surface area contributed by atoms with Crippen molar-refractivity contribution in [3.8, 4) is 0 Å². The van der Waals surface area contributed by atoms with Gasteiger partial charge in [0, 0.05) is 0 Å². The first kappa shape index (κ1) is 39.0. The summed E-state index contributed by atoms with van der Waals surface area (Å²) in [5, 5.41) is 0. The fourth-order valence-electron chi connectivity index (χ4n) is 6.12. The Morgan fingerprint density at radius 1 is 0.256 bits per heavy atom. The van der Waals surface area contributed by atoms with Crippen LogP contribution in [0.15, 0.2) is 0 Å². The third kappa shape index (κ3) is 30.7. The summed E-state index contributed by atoms with van der Waals surface area (Å²) in [6, 6.07) is 0. The van der Waals surface area contributed by atoms with E-state index in [4.69, 9.17) is 4.74 Å². The molecule has 0 N–H and O–H groups in total. The third-order valence-corrected chi connectivity index (χ3v) is 8.90. The number of rotatable bonds is 34. The Balaban J connectivity index is 3.99. The topological polar surface area (TPSA) is 9.23 Å². The SMILES string of the molecule is CCCCCCCCCCCCCCC(CCCC)OC(CCCC)CCCCCCCCCCCCCC. The van der Waals surface area contributed by atoms with Crippen LogP contribution in [0.25, 0.3) is 0 Å². The predicted molar refractivity (Wildman–Crippen MR) is 179 cm³/mol. The zero-order valence-electron chi connectivity index (χ0n) is 28.2. The Morgan fingerprint density at radius 3 is 0.718 bits per heavy atom. The van der Waals surface area contributed by atoms with E-state index in [0.29, 0.717) is 12.2 Å². The summed E-state index contributed by atoms with van der Waals surface area (Å²) in [4.78, 5) is 0. The molecule has 0 aliphatic heterocycles. The van der Waals surface area contributed by atoms with Gasteiger partial charge in [0.2, 0.25) is 0 Å². The van der Waals surface area contributed by atoms with Crippen LogP contribution in [0.5, 0.6) is 0 Å². The van der Waals surface area contributed by atoms with E-state index in [1.807, 2.05) is 0 Å². The van der Waals surface area contributed by atoms with E-state index >= 15 is 0 Å². The molecule has 0 radical (unpaired) electrons. The van der Waals surface area contributed by atoms with E-state index in [0.717, 1.165) is 0 Å². The second-order valence-electron chi connectivity index (χ2n) is 13.0. The Kier molecular flexibility index (Phi) is 34.1. The summed E-state index contributed by atoms with van der Waals surface area (Å²) in [5.74, 6) is 0. The average molecular weight is 551 g/mol. The van der Waals surface area contributed by atoms with Gasteiger partial charge in [-0.3, -0.25) is 0 Å². The molecule has 1 nitrogen and oxygen atoms in total. The number of unbranched alkanes of at least 4 members (excludes halogenated alkanes) is 24. The molecule has 0 aromatic heterocycles. The molecule has 0 fully saturated rings. The maximum Gasteiger partial charge on any atom is 0.0578 e. The maximum absolute atomic E-state index is 6.85. The standard InChI is InChI=1S/C38H78O/c1-5-9-13-15-17-19-21-23-25-27-29-31-35-37(33-11-7-3)39-38(34-12-8-4)36-32-30-28-26-24-22-20-18-16-14-10-6-2/h37-38H,5-36H2,1-4H3. The second-order valence-corrected chi connectivity index (χ2v) is 13.0. The van der Waals surface area contributed by atoms with Gasteiger partial charge in [-0.1, -0.05) is 207 Å². The van der Waals surface area contributed by atoms with E-state index in [9.17, 15) is 0 Å². The smallest absolute Gasteiger partial charge is 0.0578 e. The molecular formula is C38H78O. The van der Waals surface area contributed by atoms with Crippen LogP contribution < -0.4 is 0 Å². The normalized spacial score (nSPS) is 13.2. The molecule has 1 heteroatoms. The van der Waals surface area contributed by atoms with Crippen molar-refractivity contribution >= 4 is 0 Å². The number of hydrogen-bond donors (Lipinski definition) is 0. The molecule has 0 aliphatic carbocycles. The minimum atomic E-state index is 0.521. The van der Waals surface area contributed by atoms with Gasteiger partial charge in [0.05, 0.1) is 12.2 Å². The van der Waals surface area contributed by atoms with Crippen LogP contribution in [0.3, 0.4) is 0 Å². The average Bonchev–Trinajstić information content (AvgIpc) is 2.95. The molecule has 236 valence electrons. The van der Waals surface area contributed by atoms with Gasteiger partial charge in [-0.25, -0.2) is 0 Å². The lowest BCUT2D eigenvalue weighted by Crippen LogP contribution is -2.23. The van der Waals surface area contributed by atoms with Crippen molar-refractivity contribution in [2.45, 2.75) is 245 Å². The van der Waals surface area contributed by atoms with Crippen LogP contribution >= 0.6 is 0 Å². The van der Waals surface area contributed by atoms with Crippen molar-refractivity contribution in [1.82, 2.24) is 0 Å². The molecule has 0 amide bonds. The van der Waals surface area contributed by atoms with E-state index in [-0.39, 0.29) is 0 Å². The highest BCUT2D eigenvalue weighted by atomic mass is 16.5.